The Morgan fingerprint density at radius 3 is 2.76 bits per heavy atom. The highest BCUT2D eigenvalue weighted by atomic mass is 16.1. The largest absolute Gasteiger partial charge is 0.370 e. The summed E-state index contributed by atoms with van der Waals surface area (Å²) in [6.07, 6.45) is 9.13. The van der Waals surface area contributed by atoms with E-state index in [0.29, 0.717) is 17.3 Å². The van der Waals surface area contributed by atoms with Crippen LogP contribution in [0.1, 0.15) is 62.7 Å². The number of aromatic nitrogens is 1. The highest BCUT2D eigenvalue weighted by Gasteiger charge is 2.24. The molecule has 1 atom stereocenters. The summed E-state index contributed by atoms with van der Waals surface area (Å²) in [4.78, 5) is 16.8. The van der Waals surface area contributed by atoms with E-state index < -0.39 is 0 Å². The molecule has 1 aromatic rings. The zero-order valence-electron chi connectivity index (χ0n) is 13.2. The summed E-state index contributed by atoms with van der Waals surface area (Å²) in [5.74, 6) is 1.31. The number of rotatable bonds is 6. The molecule has 0 bridgehead atoms. The minimum absolute atomic E-state index is 0.00327. The van der Waals surface area contributed by atoms with Gasteiger partial charge in [-0.15, -0.1) is 0 Å². The van der Waals surface area contributed by atoms with E-state index in [4.69, 9.17) is 0 Å². The van der Waals surface area contributed by atoms with Gasteiger partial charge in [-0.05, 0) is 44.2 Å². The Balaban J connectivity index is 2.05. The first-order valence-corrected chi connectivity index (χ1v) is 8.26. The lowest BCUT2D eigenvalue weighted by atomic mass is 9.83. The minimum Gasteiger partial charge on any atom is -0.370 e. The van der Waals surface area contributed by atoms with Crippen LogP contribution in [-0.4, -0.2) is 23.5 Å². The summed E-state index contributed by atoms with van der Waals surface area (Å²) in [6, 6.07) is 3.94. The monoisotopic (exact) mass is 289 g/mol. The van der Waals surface area contributed by atoms with Crippen molar-refractivity contribution in [2.45, 2.75) is 58.4 Å². The lowest BCUT2D eigenvalue weighted by molar-refractivity contribution is 0.0911. The van der Waals surface area contributed by atoms with Gasteiger partial charge in [-0.3, -0.25) is 4.79 Å². The Kier molecular flexibility index (Phi) is 6.03. The normalized spacial score (nSPS) is 17.2. The van der Waals surface area contributed by atoms with E-state index in [9.17, 15) is 4.79 Å². The SMILES string of the molecule is CCNc1ncccc1C(=O)NC(CC)C1CCCCC1. The fraction of sp³-hybridized carbons (Fsp3) is 0.647. The molecule has 1 heterocycles. The van der Waals surface area contributed by atoms with Crippen molar-refractivity contribution in [1.82, 2.24) is 10.3 Å². The molecule has 4 nitrogen and oxygen atoms in total. The molecule has 1 aliphatic rings. The van der Waals surface area contributed by atoms with Gasteiger partial charge in [0.15, 0.2) is 0 Å². The molecule has 1 fully saturated rings. The van der Waals surface area contributed by atoms with E-state index >= 15 is 0 Å². The molecule has 0 aromatic carbocycles. The van der Waals surface area contributed by atoms with Crippen molar-refractivity contribution in [2.75, 3.05) is 11.9 Å². The summed E-state index contributed by atoms with van der Waals surface area (Å²) in [7, 11) is 0. The van der Waals surface area contributed by atoms with Gasteiger partial charge in [0.2, 0.25) is 0 Å². The van der Waals surface area contributed by atoms with Crippen molar-refractivity contribution >= 4 is 11.7 Å². The minimum atomic E-state index is -0.00327. The van der Waals surface area contributed by atoms with E-state index in [1.807, 2.05) is 19.1 Å². The predicted octanol–water partition coefficient (Wildman–Crippen LogP) is 3.60. The molecule has 21 heavy (non-hydrogen) atoms. The van der Waals surface area contributed by atoms with Crippen LogP contribution in [0.5, 0.6) is 0 Å². The smallest absolute Gasteiger partial charge is 0.255 e. The van der Waals surface area contributed by atoms with E-state index in [1.165, 1.54) is 32.1 Å². The maximum atomic E-state index is 12.6. The lowest BCUT2D eigenvalue weighted by Crippen LogP contribution is -2.41. The standard InChI is InChI=1S/C17H27N3O/c1-3-15(13-9-6-5-7-10-13)20-17(21)14-11-8-12-19-16(14)18-4-2/h8,11-13,15H,3-7,9-10H2,1-2H3,(H,18,19)(H,20,21). The molecule has 0 aliphatic heterocycles. The number of hydrogen-bond acceptors (Lipinski definition) is 3. The molecule has 0 radical (unpaired) electrons. The quantitative estimate of drug-likeness (QED) is 0.841. The molecule has 1 unspecified atom stereocenters. The van der Waals surface area contributed by atoms with Crippen molar-refractivity contribution in [3.8, 4) is 0 Å². The van der Waals surface area contributed by atoms with Crippen molar-refractivity contribution < 1.29 is 4.79 Å². The molecule has 4 heteroatoms. The Labute approximate surface area is 127 Å². The Hall–Kier alpha value is -1.58. The van der Waals surface area contributed by atoms with Gasteiger partial charge in [-0.2, -0.15) is 0 Å². The van der Waals surface area contributed by atoms with Gasteiger partial charge in [0.05, 0.1) is 5.56 Å². The van der Waals surface area contributed by atoms with Gasteiger partial charge >= 0.3 is 0 Å². The first-order chi connectivity index (χ1) is 10.3. The molecule has 0 saturated heterocycles. The maximum absolute atomic E-state index is 12.6. The molecule has 0 spiro atoms. The topological polar surface area (TPSA) is 54.0 Å². The summed E-state index contributed by atoms with van der Waals surface area (Å²) in [5, 5.41) is 6.39. The zero-order chi connectivity index (χ0) is 15.1. The average Bonchev–Trinajstić information content (AvgIpc) is 2.54. The van der Waals surface area contributed by atoms with Crippen LogP contribution >= 0.6 is 0 Å². The van der Waals surface area contributed by atoms with Gasteiger partial charge in [-0.1, -0.05) is 26.2 Å². The number of hydrogen-bond donors (Lipinski definition) is 2. The van der Waals surface area contributed by atoms with Gasteiger partial charge in [0.25, 0.3) is 5.91 Å². The number of pyridine rings is 1. The number of nitrogens with zero attached hydrogens (tertiary/aromatic N) is 1. The van der Waals surface area contributed by atoms with Crippen LogP contribution in [0.25, 0.3) is 0 Å². The molecular weight excluding hydrogens is 262 g/mol. The van der Waals surface area contributed by atoms with Crippen LogP contribution in [0, 0.1) is 5.92 Å². The lowest BCUT2D eigenvalue weighted by Gasteiger charge is -2.30. The Morgan fingerprint density at radius 2 is 2.10 bits per heavy atom. The van der Waals surface area contributed by atoms with Crippen LogP contribution in [0.4, 0.5) is 5.82 Å². The average molecular weight is 289 g/mol. The van der Waals surface area contributed by atoms with Crippen LogP contribution < -0.4 is 10.6 Å². The Bertz CT molecular complexity index is 455. The third-order valence-corrected chi connectivity index (χ3v) is 4.37. The van der Waals surface area contributed by atoms with Crippen LogP contribution in [0.2, 0.25) is 0 Å². The maximum Gasteiger partial charge on any atom is 0.255 e. The van der Waals surface area contributed by atoms with Gasteiger partial charge in [-0.25, -0.2) is 4.98 Å². The number of nitrogens with one attached hydrogen (secondary N) is 2. The zero-order valence-corrected chi connectivity index (χ0v) is 13.2. The van der Waals surface area contributed by atoms with Crippen LogP contribution in [0.15, 0.2) is 18.3 Å². The molecule has 116 valence electrons. The summed E-state index contributed by atoms with van der Waals surface area (Å²) in [5.41, 5.74) is 0.647. The predicted molar refractivity (Wildman–Crippen MR) is 86.5 cm³/mol. The second-order valence-electron chi connectivity index (χ2n) is 5.82. The van der Waals surface area contributed by atoms with Crippen molar-refractivity contribution in [3.05, 3.63) is 23.9 Å². The first kappa shape index (κ1) is 15.8. The van der Waals surface area contributed by atoms with E-state index in [1.54, 1.807) is 6.20 Å². The summed E-state index contributed by atoms with van der Waals surface area (Å²) in [6.45, 7) is 4.93. The van der Waals surface area contributed by atoms with Crippen LogP contribution in [-0.2, 0) is 0 Å². The second-order valence-corrected chi connectivity index (χ2v) is 5.82. The fourth-order valence-electron chi connectivity index (χ4n) is 3.23. The Morgan fingerprint density at radius 1 is 1.33 bits per heavy atom. The third kappa shape index (κ3) is 4.19. The van der Waals surface area contributed by atoms with Crippen molar-refractivity contribution in [1.29, 1.82) is 0 Å². The third-order valence-electron chi connectivity index (χ3n) is 4.37. The molecular formula is C17H27N3O. The summed E-state index contributed by atoms with van der Waals surface area (Å²) < 4.78 is 0. The summed E-state index contributed by atoms with van der Waals surface area (Å²) >= 11 is 0. The van der Waals surface area contributed by atoms with E-state index in [0.717, 1.165) is 13.0 Å². The van der Waals surface area contributed by atoms with Gasteiger partial charge in [0, 0.05) is 18.8 Å². The second kappa shape index (κ2) is 8.01. The fourth-order valence-corrected chi connectivity index (χ4v) is 3.23. The van der Waals surface area contributed by atoms with Crippen molar-refractivity contribution in [2.24, 2.45) is 5.92 Å². The van der Waals surface area contributed by atoms with E-state index in [-0.39, 0.29) is 11.9 Å². The van der Waals surface area contributed by atoms with E-state index in [2.05, 4.69) is 22.5 Å². The van der Waals surface area contributed by atoms with Gasteiger partial charge < -0.3 is 10.6 Å². The first-order valence-electron chi connectivity index (χ1n) is 8.26. The van der Waals surface area contributed by atoms with Crippen molar-refractivity contribution in [3.63, 3.8) is 0 Å². The molecule has 1 aliphatic carbocycles. The number of carbonyl (C=O) groups is 1. The number of anilines is 1. The highest BCUT2D eigenvalue weighted by Crippen LogP contribution is 2.28. The molecule has 1 amide bonds. The highest BCUT2D eigenvalue weighted by molar-refractivity contribution is 5.98. The molecule has 1 aromatic heterocycles. The molecule has 1 saturated carbocycles. The number of amides is 1. The van der Waals surface area contributed by atoms with Gasteiger partial charge in [0.1, 0.15) is 5.82 Å². The number of carbonyl (C=O) groups excluding carboxylic acids is 1. The van der Waals surface area contributed by atoms with Crippen LogP contribution in [0.3, 0.4) is 0 Å². The molecule has 2 rings (SSSR count). The molecule has 2 N–H and O–H groups in total.